The molecule has 0 aromatic heterocycles. The molecule has 2 amide bonds. The van der Waals surface area contributed by atoms with Crippen molar-refractivity contribution in [3.8, 4) is 0 Å². The van der Waals surface area contributed by atoms with Gasteiger partial charge in [-0.2, -0.15) is 0 Å². The number of hydrogen-bond acceptors (Lipinski definition) is 5. The van der Waals surface area contributed by atoms with Crippen LogP contribution in [0.4, 0.5) is 0 Å². The van der Waals surface area contributed by atoms with Gasteiger partial charge in [-0.25, -0.2) is 10.0 Å². The third-order valence-electron chi connectivity index (χ3n) is 3.48. The van der Waals surface area contributed by atoms with Crippen LogP contribution in [0.2, 0.25) is 0 Å². The summed E-state index contributed by atoms with van der Waals surface area (Å²) >= 11 is 0. The maximum absolute atomic E-state index is 12.1. The number of carbonyl (C=O) groups is 2. The van der Waals surface area contributed by atoms with Crippen molar-refractivity contribution in [3.63, 3.8) is 0 Å². The Morgan fingerprint density at radius 1 is 1.12 bits per heavy atom. The van der Waals surface area contributed by atoms with E-state index in [4.69, 9.17) is 0 Å². The lowest BCUT2D eigenvalue weighted by molar-refractivity contribution is -0.154. The molecule has 0 unspecified atom stereocenters. The molecule has 2 rings (SSSR count). The normalized spacial score (nSPS) is 28.5. The fourth-order valence-corrected chi connectivity index (χ4v) is 2.44. The second-order valence-electron chi connectivity index (χ2n) is 4.95. The SMILES string of the molecule is CN1CCN([C@@H]2CC(=O)N(N(C)C)C2=O)CC1. The largest absolute Gasteiger partial charge is 0.304 e. The summed E-state index contributed by atoms with van der Waals surface area (Å²) in [6.45, 7) is 3.64. The number of rotatable bonds is 2. The highest BCUT2D eigenvalue weighted by Crippen LogP contribution is 2.20. The van der Waals surface area contributed by atoms with Gasteiger partial charge in [0.05, 0.1) is 6.42 Å². The summed E-state index contributed by atoms with van der Waals surface area (Å²) < 4.78 is 0. The molecule has 6 nitrogen and oxygen atoms in total. The topological polar surface area (TPSA) is 47.1 Å². The minimum atomic E-state index is -0.251. The molecular weight excluding hydrogens is 220 g/mol. The van der Waals surface area contributed by atoms with Gasteiger partial charge in [-0.05, 0) is 7.05 Å². The Morgan fingerprint density at radius 3 is 2.18 bits per heavy atom. The van der Waals surface area contributed by atoms with Crippen LogP contribution in [0.1, 0.15) is 6.42 Å². The average Bonchev–Trinajstić information content (AvgIpc) is 2.55. The molecular formula is C11H20N4O2. The predicted molar refractivity (Wildman–Crippen MR) is 63.0 cm³/mol. The number of piperazine rings is 1. The second kappa shape index (κ2) is 4.72. The Bertz CT molecular complexity index is 323. The smallest absolute Gasteiger partial charge is 0.261 e. The first-order valence-corrected chi connectivity index (χ1v) is 5.97. The zero-order valence-corrected chi connectivity index (χ0v) is 10.7. The molecule has 2 saturated heterocycles. The summed E-state index contributed by atoms with van der Waals surface area (Å²) in [5, 5.41) is 2.82. The van der Waals surface area contributed by atoms with E-state index < -0.39 is 0 Å². The van der Waals surface area contributed by atoms with Gasteiger partial charge in [0.25, 0.3) is 5.91 Å². The van der Waals surface area contributed by atoms with Gasteiger partial charge in [0, 0.05) is 40.3 Å². The van der Waals surface area contributed by atoms with Gasteiger partial charge >= 0.3 is 0 Å². The lowest BCUT2D eigenvalue weighted by atomic mass is 10.2. The molecule has 2 aliphatic rings. The highest BCUT2D eigenvalue weighted by Gasteiger charge is 2.43. The Kier molecular flexibility index (Phi) is 3.46. The Morgan fingerprint density at radius 2 is 1.71 bits per heavy atom. The fraction of sp³-hybridized carbons (Fsp3) is 0.818. The molecule has 0 aromatic carbocycles. The Balaban J connectivity index is 2.04. The molecule has 6 heteroatoms. The van der Waals surface area contributed by atoms with Crippen molar-refractivity contribution < 1.29 is 9.59 Å². The van der Waals surface area contributed by atoms with Gasteiger partial charge in [0.15, 0.2) is 0 Å². The summed E-state index contributed by atoms with van der Waals surface area (Å²) in [7, 11) is 5.52. The summed E-state index contributed by atoms with van der Waals surface area (Å²) in [5.74, 6) is -0.173. The van der Waals surface area contributed by atoms with Crippen LogP contribution in [0.3, 0.4) is 0 Å². The van der Waals surface area contributed by atoms with Crippen LogP contribution >= 0.6 is 0 Å². The van der Waals surface area contributed by atoms with Crippen molar-refractivity contribution in [1.29, 1.82) is 0 Å². The van der Waals surface area contributed by atoms with Gasteiger partial charge in [-0.3, -0.25) is 14.5 Å². The fourth-order valence-electron chi connectivity index (χ4n) is 2.44. The minimum Gasteiger partial charge on any atom is -0.304 e. The highest BCUT2D eigenvalue weighted by molar-refractivity contribution is 6.04. The molecule has 96 valence electrons. The molecule has 0 bridgehead atoms. The quantitative estimate of drug-likeness (QED) is 0.570. The molecule has 17 heavy (non-hydrogen) atoms. The average molecular weight is 240 g/mol. The summed E-state index contributed by atoms with van der Waals surface area (Å²) in [6.07, 6.45) is 0.320. The van der Waals surface area contributed by atoms with Crippen molar-refractivity contribution in [2.75, 3.05) is 47.3 Å². The minimum absolute atomic E-state index is 0.0791. The number of hydrazine groups is 1. The van der Waals surface area contributed by atoms with E-state index >= 15 is 0 Å². The monoisotopic (exact) mass is 240 g/mol. The maximum atomic E-state index is 12.1. The van der Waals surface area contributed by atoms with Crippen LogP contribution in [0.15, 0.2) is 0 Å². The van der Waals surface area contributed by atoms with Crippen LogP contribution in [0.5, 0.6) is 0 Å². The molecule has 0 radical (unpaired) electrons. The van der Waals surface area contributed by atoms with E-state index in [9.17, 15) is 9.59 Å². The van der Waals surface area contributed by atoms with Crippen molar-refractivity contribution in [3.05, 3.63) is 0 Å². The summed E-state index contributed by atoms with van der Waals surface area (Å²) in [6, 6.07) is -0.251. The molecule has 2 heterocycles. The third kappa shape index (κ3) is 2.34. The van der Waals surface area contributed by atoms with Gasteiger partial charge < -0.3 is 4.90 Å². The highest BCUT2D eigenvalue weighted by atomic mass is 16.2. The summed E-state index contributed by atoms with van der Waals surface area (Å²) in [5.41, 5.74) is 0. The van der Waals surface area contributed by atoms with Crippen molar-refractivity contribution in [1.82, 2.24) is 19.8 Å². The standard InChI is InChI=1S/C11H20N4O2/c1-12(2)15-10(16)8-9(11(15)17)14-6-4-13(3)5-7-14/h9H,4-8H2,1-3H3/t9-/m1/s1. The van der Waals surface area contributed by atoms with Gasteiger partial charge in [0.1, 0.15) is 6.04 Å². The molecule has 1 atom stereocenters. The van der Waals surface area contributed by atoms with E-state index in [1.54, 1.807) is 19.1 Å². The Hall–Kier alpha value is -0.980. The first kappa shape index (κ1) is 12.5. The molecule has 0 aromatic rings. The van der Waals surface area contributed by atoms with E-state index in [1.807, 2.05) is 0 Å². The van der Waals surface area contributed by atoms with Crippen LogP contribution in [-0.4, -0.2) is 85.0 Å². The van der Waals surface area contributed by atoms with E-state index in [1.165, 1.54) is 5.01 Å². The van der Waals surface area contributed by atoms with E-state index in [0.29, 0.717) is 6.42 Å². The van der Waals surface area contributed by atoms with Gasteiger partial charge in [-0.15, -0.1) is 0 Å². The van der Waals surface area contributed by atoms with Crippen LogP contribution in [0.25, 0.3) is 0 Å². The number of imide groups is 1. The van der Waals surface area contributed by atoms with Crippen LogP contribution in [-0.2, 0) is 9.59 Å². The predicted octanol–water partition coefficient (Wildman–Crippen LogP) is -1.16. The maximum Gasteiger partial charge on any atom is 0.261 e. The zero-order valence-electron chi connectivity index (χ0n) is 10.7. The second-order valence-corrected chi connectivity index (χ2v) is 4.95. The lowest BCUT2D eigenvalue weighted by Gasteiger charge is -2.35. The molecule has 0 aliphatic carbocycles. The first-order chi connectivity index (χ1) is 8.00. The Labute approximate surface area is 102 Å². The van der Waals surface area contributed by atoms with Crippen LogP contribution < -0.4 is 0 Å². The van der Waals surface area contributed by atoms with E-state index in [0.717, 1.165) is 26.2 Å². The van der Waals surface area contributed by atoms with Crippen molar-refractivity contribution >= 4 is 11.8 Å². The van der Waals surface area contributed by atoms with Crippen LogP contribution in [0, 0.1) is 0 Å². The number of carbonyl (C=O) groups excluding carboxylic acids is 2. The molecule has 0 spiro atoms. The molecule has 0 saturated carbocycles. The van der Waals surface area contributed by atoms with Crippen molar-refractivity contribution in [2.24, 2.45) is 0 Å². The number of amides is 2. The number of nitrogens with zero attached hydrogens (tertiary/aromatic N) is 4. The van der Waals surface area contributed by atoms with E-state index in [-0.39, 0.29) is 17.9 Å². The van der Waals surface area contributed by atoms with Crippen molar-refractivity contribution in [2.45, 2.75) is 12.5 Å². The van der Waals surface area contributed by atoms with Gasteiger partial charge in [-0.1, -0.05) is 0 Å². The first-order valence-electron chi connectivity index (χ1n) is 5.97. The van der Waals surface area contributed by atoms with E-state index in [2.05, 4.69) is 16.8 Å². The number of hydrogen-bond donors (Lipinski definition) is 0. The molecule has 2 aliphatic heterocycles. The number of likely N-dealkylation sites (N-methyl/N-ethyl adjacent to an activating group) is 1. The third-order valence-corrected chi connectivity index (χ3v) is 3.48. The van der Waals surface area contributed by atoms with Gasteiger partial charge in [0.2, 0.25) is 5.91 Å². The molecule has 0 N–H and O–H groups in total. The summed E-state index contributed by atoms with van der Waals surface area (Å²) in [4.78, 5) is 28.3. The zero-order chi connectivity index (χ0) is 12.6. The molecule has 2 fully saturated rings. The lowest BCUT2D eigenvalue weighted by Crippen LogP contribution is -2.52.